The van der Waals surface area contributed by atoms with Crippen LogP contribution in [-0.4, -0.2) is 35.0 Å². The van der Waals surface area contributed by atoms with E-state index in [4.69, 9.17) is 0 Å². The Hall–Kier alpha value is -1.69. The molecule has 1 N–H and O–H groups in total. The van der Waals surface area contributed by atoms with Crippen LogP contribution in [0.25, 0.3) is 0 Å². The lowest BCUT2D eigenvalue weighted by Crippen LogP contribution is -2.40. The summed E-state index contributed by atoms with van der Waals surface area (Å²) in [4.78, 5) is 13.0. The van der Waals surface area contributed by atoms with Crippen molar-refractivity contribution >= 4 is 11.4 Å². The van der Waals surface area contributed by atoms with Gasteiger partial charge in [-0.3, -0.25) is 10.1 Å². The van der Waals surface area contributed by atoms with E-state index in [1.165, 1.54) is 25.0 Å². The lowest BCUT2D eigenvalue weighted by Gasteiger charge is -2.32. The van der Waals surface area contributed by atoms with Crippen molar-refractivity contribution in [3.05, 3.63) is 34.1 Å². The van der Waals surface area contributed by atoms with Crippen LogP contribution >= 0.6 is 0 Å². The number of halogens is 1. The van der Waals surface area contributed by atoms with Gasteiger partial charge in [-0.25, -0.2) is 4.39 Å². The summed E-state index contributed by atoms with van der Waals surface area (Å²) in [5, 5.41) is 14.1. The molecular weight excluding hydrogens is 261 g/mol. The quantitative estimate of drug-likeness (QED) is 0.680. The Balaban J connectivity index is 1.65. The highest BCUT2D eigenvalue weighted by Gasteiger charge is 2.32. The molecule has 0 aromatic heterocycles. The van der Waals surface area contributed by atoms with E-state index in [9.17, 15) is 14.5 Å². The number of piperidine rings is 1. The maximum Gasteiger partial charge on any atom is 0.292 e. The molecular formula is C14H18FN3O2. The summed E-state index contributed by atoms with van der Waals surface area (Å²) < 4.78 is 13.3. The molecule has 1 aromatic carbocycles. The number of hydrogen-bond donors (Lipinski definition) is 1. The van der Waals surface area contributed by atoms with Crippen molar-refractivity contribution in [2.24, 2.45) is 0 Å². The highest BCUT2D eigenvalue weighted by molar-refractivity contribution is 5.61. The summed E-state index contributed by atoms with van der Waals surface area (Å²) in [5.74, 6) is -0.450. The molecule has 5 nitrogen and oxygen atoms in total. The van der Waals surface area contributed by atoms with Gasteiger partial charge >= 0.3 is 0 Å². The maximum absolute atomic E-state index is 13.3. The molecule has 0 radical (unpaired) electrons. The standard InChI is InChI=1S/C14H18FN3O2/c15-10-1-4-14(18(19)20)13(9-10)16-11-5-7-17(8-6-11)12-2-3-12/h1,4,9,11-12,16H,2-3,5-8H2. The molecule has 20 heavy (non-hydrogen) atoms. The van der Waals surface area contributed by atoms with E-state index in [0.29, 0.717) is 5.69 Å². The number of nitro groups is 1. The van der Waals surface area contributed by atoms with Crippen LogP contribution in [0.5, 0.6) is 0 Å². The molecule has 3 rings (SSSR count). The Kier molecular flexibility index (Phi) is 3.56. The van der Waals surface area contributed by atoms with Gasteiger partial charge in [0.25, 0.3) is 5.69 Å². The van der Waals surface area contributed by atoms with Gasteiger partial charge in [-0.15, -0.1) is 0 Å². The molecule has 1 aliphatic heterocycles. The summed E-state index contributed by atoms with van der Waals surface area (Å²) >= 11 is 0. The fraction of sp³-hybridized carbons (Fsp3) is 0.571. The Bertz CT molecular complexity index is 511. The number of likely N-dealkylation sites (tertiary alicyclic amines) is 1. The number of nitro benzene ring substituents is 1. The summed E-state index contributed by atoms with van der Waals surface area (Å²) in [6.07, 6.45) is 4.50. The van der Waals surface area contributed by atoms with Gasteiger partial charge in [0.1, 0.15) is 11.5 Å². The number of anilines is 1. The van der Waals surface area contributed by atoms with Crippen molar-refractivity contribution in [3.63, 3.8) is 0 Å². The van der Waals surface area contributed by atoms with Crippen LogP contribution in [0.2, 0.25) is 0 Å². The molecule has 1 saturated heterocycles. The Morgan fingerprint density at radius 1 is 1.25 bits per heavy atom. The summed E-state index contributed by atoms with van der Waals surface area (Å²) in [6, 6.07) is 4.51. The zero-order valence-electron chi connectivity index (χ0n) is 11.2. The van der Waals surface area contributed by atoms with Crippen LogP contribution < -0.4 is 5.32 Å². The molecule has 1 saturated carbocycles. The molecule has 1 aromatic rings. The normalized spacial score (nSPS) is 20.9. The monoisotopic (exact) mass is 279 g/mol. The third-order valence-electron chi connectivity index (χ3n) is 4.11. The molecule has 2 fully saturated rings. The van der Waals surface area contributed by atoms with Crippen LogP contribution in [0.4, 0.5) is 15.8 Å². The summed E-state index contributed by atoms with van der Waals surface area (Å²) in [6.45, 7) is 2.04. The van der Waals surface area contributed by atoms with E-state index >= 15 is 0 Å². The average molecular weight is 279 g/mol. The SMILES string of the molecule is O=[N+]([O-])c1ccc(F)cc1NC1CCN(C2CC2)CC1. The molecule has 0 amide bonds. The minimum atomic E-state index is -0.471. The van der Waals surface area contributed by atoms with Crippen molar-refractivity contribution in [1.82, 2.24) is 4.90 Å². The van der Waals surface area contributed by atoms with Gasteiger partial charge in [0.05, 0.1) is 4.92 Å². The van der Waals surface area contributed by atoms with Gasteiger partial charge in [-0.05, 0) is 31.7 Å². The Morgan fingerprint density at radius 3 is 2.55 bits per heavy atom. The van der Waals surface area contributed by atoms with Crippen LogP contribution in [0.1, 0.15) is 25.7 Å². The number of nitrogens with one attached hydrogen (secondary N) is 1. The molecule has 0 bridgehead atoms. The average Bonchev–Trinajstić information content (AvgIpc) is 3.24. The maximum atomic E-state index is 13.3. The highest BCUT2D eigenvalue weighted by atomic mass is 19.1. The van der Waals surface area contributed by atoms with E-state index < -0.39 is 10.7 Å². The van der Waals surface area contributed by atoms with Gasteiger partial charge in [-0.1, -0.05) is 0 Å². The molecule has 2 aliphatic rings. The fourth-order valence-corrected chi connectivity index (χ4v) is 2.85. The van der Waals surface area contributed by atoms with Crippen LogP contribution in [-0.2, 0) is 0 Å². The summed E-state index contributed by atoms with van der Waals surface area (Å²) in [7, 11) is 0. The van der Waals surface area contributed by atoms with Crippen molar-refractivity contribution in [2.75, 3.05) is 18.4 Å². The van der Waals surface area contributed by atoms with Gasteiger partial charge in [-0.2, -0.15) is 0 Å². The molecule has 1 aliphatic carbocycles. The first kappa shape index (κ1) is 13.3. The molecule has 0 atom stereocenters. The lowest BCUT2D eigenvalue weighted by atomic mass is 10.0. The number of rotatable bonds is 4. The van der Waals surface area contributed by atoms with Crippen LogP contribution in [0, 0.1) is 15.9 Å². The van der Waals surface area contributed by atoms with E-state index in [0.717, 1.165) is 38.0 Å². The van der Waals surface area contributed by atoms with Gasteiger partial charge in [0.2, 0.25) is 0 Å². The Labute approximate surface area is 116 Å². The smallest absolute Gasteiger partial charge is 0.292 e. The lowest BCUT2D eigenvalue weighted by molar-refractivity contribution is -0.384. The first-order chi connectivity index (χ1) is 9.63. The van der Waals surface area contributed by atoms with Crippen LogP contribution in [0.3, 0.4) is 0 Å². The molecule has 1 heterocycles. The fourth-order valence-electron chi connectivity index (χ4n) is 2.85. The zero-order valence-corrected chi connectivity index (χ0v) is 11.2. The second-order valence-electron chi connectivity index (χ2n) is 5.60. The molecule has 0 spiro atoms. The highest BCUT2D eigenvalue weighted by Crippen LogP contribution is 2.31. The second kappa shape index (κ2) is 5.36. The molecule has 108 valence electrons. The predicted octanol–water partition coefficient (Wildman–Crippen LogP) is 2.77. The van der Waals surface area contributed by atoms with E-state index in [2.05, 4.69) is 10.2 Å². The van der Waals surface area contributed by atoms with Gasteiger partial charge < -0.3 is 10.2 Å². The third kappa shape index (κ3) is 2.90. The number of benzene rings is 1. The van der Waals surface area contributed by atoms with Crippen LogP contribution in [0.15, 0.2) is 18.2 Å². The first-order valence-electron chi connectivity index (χ1n) is 7.08. The Morgan fingerprint density at radius 2 is 1.95 bits per heavy atom. The number of hydrogen-bond acceptors (Lipinski definition) is 4. The third-order valence-corrected chi connectivity index (χ3v) is 4.11. The minimum absolute atomic E-state index is 0.0592. The van der Waals surface area contributed by atoms with Crippen molar-refractivity contribution in [1.29, 1.82) is 0 Å². The number of nitrogens with zero attached hydrogens (tertiary/aromatic N) is 2. The van der Waals surface area contributed by atoms with E-state index in [-0.39, 0.29) is 11.7 Å². The zero-order chi connectivity index (χ0) is 14.1. The molecule has 0 unspecified atom stereocenters. The first-order valence-corrected chi connectivity index (χ1v) is 7.08. The van der Waals surface area contributed by atoms with E-state index in [1.54, 1.807) is 0 Å². The second-order valence-corrected chi connectivity index (χ2v) is 5.60. The van der Waals surface area contributed by atoms with Gasteiger partial charge in [0.15, 0.2) is 0 Å². The van der Waals surface area contributed by atoms with E-state index in [1.807, 2.05) is 0 Å². The van der Waals surface area contributed by atoms with Crippen molar-refractivity contribution < 1.29 is 9.31 Å². The minimum Gasteiger partial charge on any atom is -0.377 e. The largest absolute Gasteiger partial charge is 0.377 e. The predicted molar refractivity (Wildman–Crippen MR) is 74.3 cm³/mol. The van der Waals surface area contributed by atoms with Gasteiger partial charge in [0, 0.05) is 37.3 Å². The molecule has 6 heteroatoms. The van der Waals surface area contributed by atoms with Crippen molar-refractivity contribution in [2.45, 2.75) is 37.8 Å². The summed E-state index contributed by atoms with van der Waals surface area (Å²) in [5.41, 5.74) is 0.232. The topological polar surface area (TPSA) is 58.4 Å². The van der Waals surface area contributed by atoms with Crippen molar-refractivity contribution in [3.8, 4) is 0 Å².